The van der Waals surface area contributed by atoms with Crippen LogP contribution in [0.2, 0.25) is 0 Å². The van der Waals surface area contributed by atoms with E-state index < -0.39 is 0 Å². The van der Waals surface area contributed by atoms with Gasteiger partial charge in [-0.15, -0.1) is 0 Å². The third-order valence-electron chi connectivity index (χ3n) is 2.94. The molecule has 82 valence electrons. The first-order chi connectivity index (χ1) is 7.25. The summed E-state index contributed by atoms with van der Waals surface area (Å²) in [5.41, 5.74) is 7.66. The van der Waals surface area contributed by atoms with E-state index in [1.807, 2.05) is 19.2 Å². The third-order valence-corrected chi connectivity index (χ3v) is 2.94. The standard InChI is InChI=1S/C12H19N3/c1-9-8-15-12(7-11(9)13)14-6-2-3-10-4-5-10/h7-8,10H,2-6H2,1H3,(H3,13,14,15). The van der Waals surface area contributed by atoms with Crippen molar-refractivity contribution in [3.63, 3.8) is 0 Å². The fourth-order valence-corrected chi connectivity index (χ4v) is 1.65. The summed E-state index contributed by atoms with van der Waals surface area (Å²) >= 11 is 0. The molecule has 1 aromatic rings. The maximum Gasteiger partial charge on any atom is 0.127 e. The van der Waals surface area contributed by atoms with E-state index in [2.05, 4.69) is 10.3 Å². The lowest BCUT2D eigenvalue weighted by molar-refractivity contribution is 0.686. The summed E-state index contributed by atoms with van der Waals surface area (Å²) in [7, 11) is 0. The summed E-state index contributed by atoms with van der Waals surface area (Å²) in [5, 5.41) is 3.30. The van der Waals surface area contributed by atoms with Gasteiger partial charge in [0, 0.05) is 24.5 Å². The van der Waals surface area contributed by atoms with Crippen molar-refractivity contribution in [3.05, 3.63) is 17.8 Å². The Morgan fingerprint density at radius 3 is 3.00 bits per heavy atom. The van der Waals surface area contributed by atoms with Crippen LogP contribution >= 0.6 is 0 Å². The Kier molecular flexibility index (Phi) is 3.09. The van der Waals surface area contributed by atoms with Crippen LogP contribution in [0.5, 0.6) is 0 Å². The topological polar surface area (TPSA) is 50.9 Å². The van der Waals surface area contributed by atoms with Crippen LogP contribution in [0.1, 0.15) is 31.2 Å². The number of nitrogen functional groups attached to an aromatic ring is 1. The van der Waals surface area contributed by atoms with Crippen LogP contribution in [0.4, 0.5) is 11.5 Å². The number of hydrogen-bond donors (Lipinski definition) is 2. The normalized spacial score (nSPS) is 15.3. The average molecular weight is 205 g/mol. The molecule has 1 aliphatic rings. The van der Waals surface area contributed by atoms with E-state index in [0.717, 1.165) is 29.5 Å². The average Bonchev–Trinajstić information content (AvgIpc) is 3.02. The quantitative estimate of drug-likeness (QED) is 0.726. The smallest absolute Gasteiger partial charge is 0.127 e. The zero-order valence-corrected chi connectivity index (χ0v) is 9.29. The largest absolute Gasteiger partial charge is 0.398 e. The summed E-state index contributed by atoms with van der Waals surface area (Å²) in [5.74, 6) is 1.91. The van der Waals surface area contributed by atoms with Crippen LogP contribution < -0.4 is 11.1 Å². The minimum absolute atomic E-state index is 0.815. The lowest BCUT2D eigenvalue weighted by Gasteiger charge is -2.06. The molecular formula is C12H19N3. The Bertz CT molecular complexity index is 332. The Hall–Kier alpha value is -1.25. The molecule has 0 aromatic carbocycles. The second-order valence-electron chi connectivity index (χ2n) is 4.44. The monoisotopic (exact) mass is 205 g/mol. The van der Waals surface area contributed by atoms with Gasteiger partial charge in [0.2, 0.25) is 0 Å². The lowest BCUT2D eigenvalue weighted by atomic mass is 10.2. The summed E-state index contributed by atoms with van der Waals surface area (Å²) in [6, 6.07) is 1.91. The fourth-order valence-electron chi connectivity index (χ4n) is 1.65. The van der Waals surface area contributed by atoms with E-state index in [4.69, 9.17) is 5.73 Å². The molecule has 15 heavy (non-hydrogen) atoms. The van der Waals surface area contributed by atoms with E-state index in [9.17, 15) is 0 Å². The van der Waals surface area contributed by atoms with Crippen molar-refractivity contribution in [2.45, 2.75) is 32.6 Å². The van der Waals surface area contributed by atoms with Crippen molar-refractivity contribution in [1.29, 1.82) is 0 Å². The Morgan fingerprint density at radius 1 is 1.53 bits per heavy atom. The lowest BCUT2D eigenvalue weighted by Crippen LogP contribution is -2.04. The van der Waals surface area contributed by atoms with E-state index in [1.165, 1.54) is 25.7 Å². The van der Waals surface area contributed by atoms with Gasteiger partial charge in [0.05, 0.1) is 0 Å². The highest BCUT2D eigenvalue weighted by atomic mass is 15.0. The van der Waals surface area contributed by atoms with Gasteiger partial charge in [-0.25, -0.2) is 4.98 Å². The Balaban J connectivity index is 1.74. The molecule has 0 amide bonds. The van der Waals surface area contributed by atoms with Crippen LogP contribution in [-0.4, -0.2) is 11.5 Å². The van der Waals surface area contributed by atoms with Crippen molar-refractivity contribution >= 4 is 11.5 Å². The first-order valence-electron chi connectivity index (χ1n) is 5.71. The first kappa shape index (κ1) is 10.3. The zero-order chi connectivity index (χ0) is 10.7. The number of anilines is 2. The van der Waals surface area contributed by atoms with Crippen LogP contribution in [-0.2, 0) is 0 Å². The number of nitrogens with zero attached hydrogens (tertiary/aromatic N) is 1. The molecular weight excluding hydrogens is 186 g/mol. The molecule has 0 saturated heterocycles. The van der Waals surface area contributed by atoms with Gasteiger partial charge in [-0.2, -0.15) is 0 Å². The van der Waals surface area contributed by atoms with E-state index in [1.54, 1.807) is 0 Å². The third kappa shape index (κ3) is 3.11. The van der Waals surface area contributed by atoms with Crippen LogP contribution in [0.3, 0.4) is 0 Å². The summed E-state index contributed by atoms with van der Waals surface area (Å²) in [6.07, 6.45) is 7.29. The summed E-state index contributed by atoms with van der Waals surface area (Å²) < 4.78 is 0. The molecule has 1 aliphatic carbocycles. The highest BCUT2D eigenvalue weighted by Crippen LogP contribution is 2.33. The SMILES string of the molecule is Cc1cnc(NCCCC2CC2)cc1N. The molecule has 0 unspecified atom stereocenters. The van der Waals surface area contributed by atoms with Gasteiger partial charge in [-0.1, -0.05) is 12.8 Å². The molecule has 0 atom stereocenters. The molecule has 1 heterocycles. The molecule has 3 heteroatoms. The molecule has 3 N–H and O–H groups in total. The highest BCUT2D eigenvalue weighted by Gasteiger charge is 2.19. The van der Waals surface area contributed by atoms with Crippen molar-refractivity contribution in [1.82, 2.24) is 4.98 Å². The molecule has 0 aliphatic heterocycles. The molecule has 0 bridgehead atoms. The molecule has 0 radical (unpaired) electrons. The van der Waals surface area contributed by atoms with Gasteiger partial charge in [-0.05, 0) is 31.2 Å². The van der Waals surface area contributed by atoms with Gasteiger partial charge in [0.1, 0.15) is 5.82 Å². The van der Waals surface area contributed by atoms with E-state index >= 15 is 0 Å². The second kappa shape index (κ2) is 4.51. The first-order valence-corrected chi connectivity index (χ1v) is 5.71. The zero-order valence-electron chi connectivity index (χ0n) is 9.29. The molecule has 3 nitrogen and oxygen atoms in total. The summed E-state index contributed by atoms with van der Waals surface area (Å²) in [4.78, 5) is 4.28. The number of aromatic nitrogens is 1. The van der Waals surface area contributed by atoms with Gasteiger partial charge >= 0.3 is 0 Å². The van der Waals surface area contributed by atoms with Crippen LogP contribution in [0.25, 0.3) is 0 Å². The van der Waals surface area contributed by atoms with Gasteiger partial charge in [0.25, 0.3) is 0 Å². The van der Waals surface area contributed by atoms with Crippen molar-refractivity contribution in [2.24, 2.45) is 5.92 Å². The Labute approximate surface area is 91.1 Å². The number of pyridine rings is 1. The second-order valence-corrected chi connectivity index (χ2v) is 4.44. The van der Waals surface area contributed by atoms with E-state index in [0.29, 0.717) is 0 Å². The van der Waals surface area contributed by atoms with Crippen molar-refractivity contribution in [3.8, 4) is 0 Å². The number of nitrogens with one attached hydrogen (secondary N) is 1. The molecule has 2 rings (SSSR count). The number of rotatable bonds is 5. The predicted octanol–water partition coefficient (Wildman–Crippen LogP) is 2.57. The van der Waals surface area contributed by atoms with Crippen LogP contribution in [0, 0.1) is 12.8 Å². The highest BCUT2D eigenvalue weighted by molar-refractivity contribution is 5.53. The number of nitrogens with two attached hydrogens (primary N) is 1. The fraction of sp³-hybridized carbons (Fsp3) is 0.583. The molecule has 1 aromatic heterocycles. The Morgan fingerprint density at radius 2 is 2.33 bits per heavy atom. The van der Waals surface area contributed by atoms with Crippen LogP contribution in [0.15, 0.2) is 12.3 Å². The van der Waals surface area contributed by atoms with Gasteiger partial charge in [-0.3, -0.25) is 0 Å². The molecule has 0 spiro atoms. The van der Waals surface area contributed by atoms with E-state index in [-0.39, 0.29) is 0 Å². The van der Waals surface area contributed by atoms with Gasteiger partial charge in [0.15, 0.2) is 0 Å². The molecule has 1 fully saturated rings. The van der Waals surface area contributed by atoms with Gasteiger partial charge < -0.3 is 11.1 Å². The maximum absolute atomic E-state index is 5.80. The van der Waals surface area contributed by atoms with Crippen molar-refractivity contribution in [2.75, 3.05) is 17.6 Å². The number of hydrogen-bond acceptors (Lipinski definition) is 3. The summed E-state index contributed by atoms with van der Waals surface area (Å²) in [6.45, 7) is 2.98. The minimum Gasteiger partial charge on any atom is -0.398 e. The molecule has 1 saturated carbocycles. The predicted molar refractivity (Wildman–Crippen MR) is 63.8 cm³/mol. The number of aryl methyl sites for hydroxylation is 1. The van der Waals surface area contributed by atoms with Crippen molar-refractivity contribution < 1.29 is 0 Å². The maximum atomic E-state index is 5.80. The minimum atomic E-state index is 0.815.